The minimum absolute atomic E-state index is 0.0719. The van der Waals surface area contributed by atoms with Crippen LogP contribution in [0.2, 0.25) is 5.02 Å². The van der Waals surface area contributed by atoms with Crippen molar-refractivity contribution in [3.8, 4) is 0 Å². The predicted molar refractivity (Wildman–Crippen MR) is 78.6 cm³/mol. The van der Waals surface area contributed by atoms with Gasteiger partial charge in [-0.1, -0.05) is 32.4 Å². The Morgan fingerprint density at radius 3 is 2.35 bits per heavy atom. The molecule has 0 aromatic heterocycles. The largest absolute Gasteiger partial charge is 0.274 e. The molecule has 106 valence electrons. The van der Waals surface area contributed by atoms with Crippen LogP contribution in [0, 0.1) is 16.7 Å². The molecule has 1 saturated heterocycles. The number of rotatable bonds is 1. The van der Waals surface area contributed by atoms with Gasteiger partial charge in [0.05, 0.1) is 11.1 Å². The monoisotopic (exact) mass is 291 g/mol. The zero-order chi connectivity index (χ0) is 14.7. The maximum absolute atomic E-state index is 12.9. The lowest BCUT2D eigenvalue weighted by molar-refractivity contribution is -0.146. The average Bonchev–Trinajstić information content (AvgIpc) is 2.57. The van der Waals surface area contributed by atoms with E-state index in [-0.39, 0.29) is 23.1 Å². The second-order valence-corrected chi connectivity index (χ2v) is 7.04. The number of imide groups is 1. The van der Waals surface area contributed by atoms with Crippen molar-refractivity contribution >= 4 is 29.1 Å². The quantitative estimate of drug-likeness (QED) is 0.741. The second kappa shape index (κ2) is 4.08. The van der Waals surface area contributed by atoms with E-state index in [0.29, 0.717) is 10.7 Å². The summed E-state index contributed by atoms with van der Waals surface area (Å²) in [6.45, 7) is 6.07. The molecule has 1 saturated carbocycles. The van der Waals surface area contributed by atoms with E-state index >= 15 is 0 Å². The van der Waals surface area contributed by atoms with E-state index in [2.05, 4.69) is 0 Å². The van der Waals surface area contributed by atoms with Crippen molar-refractivity contribution in [2.75, 3.05) is 4.90 Å². The lowest BCUT2D eigenvalue weighted by atomic mass is 9.62. The fourth-order valence-corrected chi connectivity index (χ4v) is 3.78. The fourth-order valence-electron chi connectivity index (χ4n) is 3.65. The summed E-state index contributed by atoms with van der Waals surface area (Å²) in [7, 11) is 0. The molecule has 1 aliphatic carbocycles. The highest BCUT2D eigenvalue weighted by Gasteiger charge is 2.64. The van der Waals surface area contributed by atoms with Crippen LogP contribution in [0.4, 0.5) is 5.69 Å². The number of anilines is 1. The number of carbonyl (C=O) groups is 2. The molecule has 1 aromatic rings. The number of benzene rings is 1. The van der Waals surface area contributed by atoms with Crippen LogP contribution >= 0.6 is 11.6 Å². The molecular formula is C16H18ClNO2. The molecule has 1 aliphatic heterocycles. The van der Waals surface area contributed by atoms with Gasteiger partial charge in [0.25, 0.3) is 0 Å². The van der Waals surface area contributed by atoms with Crippen LogP contribution in [0.25, 0.3) is 0 Å². The summed E-state index contributed by atoms with van der Waals surface area (Å²) in [5, 5.41) is 0.597. The molecule has 2 atom stereocenters. The first-order valence-corrected chi connectivity index (χ1v) is 7.31. The van der Waals surface area contributed by atoms with Gasteiger partial charge in [-0.05, 0) is 42.5 Å². The maximum Gasteiger partial charge on any atom is 0.240 e. The van der Waals surface area contributed by atoms with Crippen LogP contribution in [0.1, 0.15) is 33.6 Å². The van der Waals surface area contributed by atoms with Crippen molar-refractivity contribution in [1.29, 1.82) is 0 Å². The predicted octanol–water partition coefficient (Wildman–Crippen LogP) is 3.66. The standard InChI is InChI=1S/C16H18ClNO2/c1-15(2)12-8-9-16(15,3)14(20)18(13(12)19)11-6-4-10(17)5-7-11/h4-7,12H,8-9H2,1-3H3/t12-,16+/m0/s1. The molecule has 3 nitrogen and oxygen atoms in total. The van der Waals surface area contributed by atoms with Gasteiger partial charge in [0.15, 0.2) is 0 Å². The van der Waals surface area contributed by atoms with Crippen molar-refractivity contribution in [3.05, 3.63) is 29.3 Å². The summed E-state index contributed by atoms with van der Waals surface area (Å²) in [5.41, 5.74) is -0.118. The molecule has 2 fully saturated rings. The summed E-state index contributed by atoms with van der Waals surface area (Å²) in [6, 6.07) is 6.89. The lowest BCUT2D eigenvalue weighted by Gasteiger charge is -2.47. The first-order valence-electron chi connectivity index (χ1n) is 6.93. The fraction of sp³-hybridized carbons (Fsp3) is 0.500. The Kier molecular flexibility index (Phi) is 2.78. The van der Waals surface area contributed by atoms with Gasteiger partial charge in [-0.2, -0.15) is 0 Å². The van der Waals surface area contributed by atoms with Crippen LogP contribution in [-0.4, -0.2) is 11.8 Å². The first-order chi connectivity index (χ1) is 9.29. The van der Waals surface area contributed by atoms with Gasteiger partial charge in [-0.3, -0.25) is 9.59 Å². The van der Waals surface area contributed by atoms with Gasteiger partial charge in [-0.25, -0.2) is 4.90 Å². The van der Waals surface area contributed by atoms with E-state index in [0.717, 1.165) is 12.8 Å². The molecule has 0 unspecified atom stereocenters. The van der Waals surface area contributed by atoms with Crippen molar-refractivity contribution in [3.63, 3.8) is 0 Å². The molecule has 2 bridgehead atoms. The molecule has 0 N–H and O–H groups in total. The zero-order valence-corrected chi connectivity index (χ0v) is 12.7. The highest BCUT2D eigenvalue weighted by molar-refractivity contribution is 6.30. The first kappa shape index (κ1) is 13.6. The van der Waals surface area contributed by atoms with Crippen molar-refractivity contribution in [2.45, 2.75) is 33.6 Å². The van der Waals surface area contributed by atoms with Crippen molar-refractivity contribution in [2.24, 2.45) is 16.7 Å². The highest BCUT2D eigenvalue weighted by atomic mass is 35.5. The van der Waals surface area contributed by atoms with Gasteiger partial charge >= 0.3 is 0 Å². The van der Waals surface area contributed by atoms with Gasteiger partial charge in [-0.15, -0.1) is 0 Å². The van der Waals surface area contributed by atoms with Crippen LogP contribution in [0.15, 0.2) is 24.3 Å². The van der Waals surface area contributed by atoms with Crippen molar-refractivity contribution in [1.82, 2.24) is 0 Å². The number of hydrogen-bond donors (Lipinski definition) is 0. The number of amides is 2. The molecule has 1 heterocycles. The third kappa shape index (κ3) is 1.53. The Bertz CT molecular complexity index is 593. The Balaban J connectivity index is 2.09. The number of hydrogen-bond acceptors (Lipinski definition) is 2. The van der Waals surface area contributed by atoms with E-state index < -0.39 is 5.41 Å². The number of halogens is 1. The van der Waals surface area contributed by atoms with Crippen molar-refractivity contribution < 1.29 is 9.59 Å². The normalized spacial score (nSPS) is 31.8. The van der Waals surface area contributed by atoms with Crippen LogP contribution < -0.4 is 4.90 Å². The highest BCUT2D eigenvalue weighted by Crippen LogP contribution is 2.60. The number of piperidine rings is 1. The topological polar surface area (TPSA) is 37.4 Å². The summed E-state index contributed by atoms with van der Waals surface area (Å²) in [5.74, 6) is -0.234. The minimum Gasteiger partial charge on any atom is -0.274 e. The molecule has 2 aliphatic rings. The maximum atomic E-state index is 12.9. The summed E-state index contributed by atoms with van der Waals surface area (Å²) < 4.78 is 0. The Hall–Kier alpha value is -1.35. The lowest BCUT2D eigenvalue weighted by Crippen LogP contribution is -2.59. The van der Waals surface area contributed by atoms with Gasteiger partial charge < -0.3 is 0 Å². The number of fused-ring (bicyclic) bond motifs is 2. The van der Waals surface area contributed by atoms with Gasteiger partial charge in [0.1, 0.15) is 0 Å². The summed E-state index contributed by atoms with van der Waals surface area (Å²) in [6.07, 6.45) is 1.57. The molecule has 0 radical (unpaired) electrons. The van der Waals surface area contributed by atoms with E-state index in [9.17, 15) is 9.59 Å². The van der Waals surface area contributed by atoms with E-state index in [1.54, 1.807) is 24.3 Å². The molecular weight excluding hydrogens is 274 g/mol. The van der Waals surface area contributed by atoms with E-state index in [1.807, 2.05) is 20.8 Å². The second-order valence-electron chi connectivity index (χ2n) is 6.60. The molecule has 1 aromatic carbocycles. The summed E-state index contributed by atoms with van der Waals surface area (Å²) >= 11 is 5.88. The SMILES string of the molecule is CC1(C)[C@H]2CC[C@]1(C)C(=O)N(c1ccc(Cl)cc1)C2=O. The van der Waals surface area contributed by atoms with Crippen LogP contribution in [0.3, 0.4) is 0 Å². The molecule has 0 spiro atoms. The number of nitrogens with zero attached hydrogens (tertiary/aromatic N) is 1. The van der Waals surface area contributed by atoms with Crippen LogP contribution in [-0.2, 0) is 9.59 Å². The Labute approximate surface area is 123 Å². The Morgan fingerprint density at radius 2 is 1.75 bits per heavy atom. The third-order valence-electron chi connectivity index (χ3n) is 5.50. The smallest absolute Gasteiger partial charge is 0.240 e. The Morgan fingerprint density at radius 1 is 1.15 bits per heavy atom. The molecule has 20 heavy (non-hydrogen) atoms. The zero-order valence-electron chi connectivity index (χ0n) is 11.9. The van der Waals surface area contributed by atoms with Gasteiger partial charge in [0, 0.05) is 10.9 Å². The third-order valence-corrected chi connectivity index (χ3v) is 5.76. The average molecular weight is 292 g/mol. The van der Waals surface area contributed by atoms with E-state index in [1.165, 1.54) is 4.90 Å². The minimum atomic E-state index is -0.467. The summed E-state index contributed by atoms with van der Waals surface area (Å²) in [4.78, 5) is 27.0. The molecule has 3 rings (SSSR count). The molecule has 4 heteroatoms. The van der Waals surface area contributed by atoms with Crippen LogP contribution in [0.5, 0.6) is 0 Å². The molecule has 2 amide bonds. The number of carbonyl (C=O) groups excluding carboxylic acids is 2. The van der Waals surface area contributed by atoms with Gasteiger partial charge in [0.2, 0.25) is 11.8 Å². The van der Waals surface area contributed by atoms with E-state index in [4.69, 9.17) is 11.6 Å².